The molecule has 0 bridgehead atoms. The van der Waals surface area contributed by atoms with E-state index in [1.54, 1.807) is 6.08 Å². The lowest BCUT2D eigenvalue weighted by Gasteiger charge is -2.23. The number of carbonyl (C=O) groups is 1. The number of nitrogens with one attached hydrogen (secondary N) is 1. The average Bonchev–Trinajstić information content (AvgIpc) is 3.17. The first-order chi connectivity index (χ1) is 26.9. The predicted molar refractivity (Wildman–Crippen MR) is 235 cm³/mol. The van der Waals surface area contributed by atoms with E-state index in [9.17, 15) is 19.4 Å². The van der Waals surface area contributed by atoms with Gasteiger partial charge in [-0.25, -0.2) is 4.57 Å². The Morgan fingerprint density at radius 2 is 1.02 bits per heavy atom. The second kappa shape index (κ2) is 42.1. The van der Waals surface area contributed by atoms with Gasteiger partial charge in [-0.3, -0.25) is 13.8 Å². The van der Waals surface area contributed by atoms with Gasteiger partial charge in [-0.05, 0) is 64.2 Å². The zero-order valence-electron chi connectivity index (χ0n) is 35.7. The molecular weight excluding hydrogens is 707 g/mol. The molecule has 3 unspecified atom stereocenters. The molecule has 0 aromatic rings. The monoisotopic (exact) mass is 795 g/mol. The van der Waals surface area contributed by atoms with Crippen molar-refractivity contribution in [2.24, 2.45) is 5.73 Å². The van der Waals surface area contributed by atoms with Crippen LogP contribution in [-0.4, -0.2) is 47.8 Å². The first-order valence-corrected chi connectivity index (χ1v) is 24.3. The Bertz CT molecular complexity index is 1000. The van der Waals surface area contributed by atoms with Crippen LogP contribution in [0, 0.1) is 0 Å². The lowest BCUT2D eigenvalue weighted by Crippen LogP contribution is -2.45. The number of carbonyl (C=O) groups excluding carboxylic acids is 1. The van der Waals surface area contributed by atoms with Crippen molar-refractivity contribution in [3.8, 4) is 0 Å². The minimum absolute atomic E-state index is 0.0714. The number of unbranched alkanes of at least 4 members (excludes halogenated alkanes) is 24. The molecule has 322 valence electrons. The van der Waals surface area contributed by atoms with Crippen LogP contribution in [0.2, 0.25) is 0 Å². The third-order valence-electron chi connectivity index (χ3n) is 9.88. The topological polar surface area (TPSA) is 131 Å². The van der Waals surface area contributed by atoms with E-state index in [2.05, 4.69) is 55.6 Å². The summed E-state index contributed by atoms with van der Waals surface area (Å²) in [5.74, 6) is -0.212. The molecule has 0 aromatic heterocycles. The van der Waals surface area contributed by atoms with Crippen LogP contribution >= 0.6 is 7.82 Å². The molecule has 0 aliphatic rings. The minimum atomic E-state index is -4.35. The second-order valence-corrected chi connectivity index (χ2v) is 16.7. The van der Waals surface area contributed by atoms with Crippen LogP contribution in [-0.2, 0) is 18.4 Å². The fourth-order valence-corrected chi connectivity index (χ4v) is 7.17. The van der Waals surface area contributed by atoms with Gasteiger partial charge in [0, 0.05) is 13.0 Å². The Hall–Kier alpha value is -1.54. The number of aliphatic hydroxyl groups is 1. The van der Waals surface area contributed by atoms with Gasteiger partial charge < -0.3 is 21.1 Å². The third kappa shape index (κ3) is 40.5. The highest BCUT2D eigenvalue weighted by atomic mass is 31.2. The van der Waals surface area contributed by atoms with Crippen molar-refractivity contribution >= 4 is 13.7 Å². The summed E-state index contributed by atoms with van der Waals surface area (Å²) in [6, 6.07) is -0.882. The van der Waals surface area contributed by atoms with Crippen LogP contribution in [0.15, 0.2) is 48.6 Å². The van der Waals surface area contributed by atoms with Gasteiger partial charge in [0.2, 0.25) is 5.91 Å². The molecule has 0 rings (SSSR count). The van der Waals surface area contributed by atoms with E-state index in [-0.39, 0.29) is 25.7 Å². The Labute approximate surface area is 339 Å². The molecule has 8 nitrogen and oxygen atoms in total. The van der Waals surface area contributed by atoms with Crippen LogP contribution in [0.5, 0.6) is 0 Å². The number of phosphoric acid groups is 1. The van der Waals surface area contributed by atoms with Crippen molar-refractivity contribution in [1.29, 1.82) is 0 Å². The lowest BCUT2D eigenvalue weighted by molar-refractivity contribution is -0.123. The van der Waals surface area contributed by atoms with E-state index in [0.717, 1.165) is 57.8 Å². The summed E-state index contributed by atoms with van der Waals surface area (Å²) in [5, 5.41) is 13.7. The summed E-state index contributed by atoms with van der Waals surface area (Å²) >= 11 is 0. The Balaban J connectivity index is 4.26. The van der Waals surface area contributed by atoms with Gasteiger partial charge in [-0.1, -0.05) is 184 Å². The van der Waals surface area contributed by atoms with E-state index in [4.69, 9.17) is 14.8 Å². The van der Waals surface area contributed by atoms with Crippen LogP contribution < -0.4 is 11.1 Å². The van der Waals surface area contributed by atoms with Crippen molar-refractivity contribution in [3.05, 3.63) is 48.6 Å². The van der Waals surface area contributed by atoms with Gasteiger partial charge in [0.25, 0.3) is 0 Å². The largest absolute Gasteiger partial charge is 0.472 e. The standard InChI is InChI=1S/C46H87N2O6P/c1-3-5-7-9-11-13-15-17-19-21-23-25-27-29-31-33-35-37-39-45(49)44(43-54-55(51,52)53-42-41-47)48-46(50)40-38-36-34-32-30-28-26-24-22-20-18-16-14-12-10-8-6-4-2/h14,16,20,22,29,31,37,39,44-45,49H,3-13,15,17-19,21,23-28,30,32-36,38,40-43,47H2,1-2H3,(H,48,50)(H,51,52)/b16-14-,22-20-,31-29+,39-37+. The van der Waals surface area contributed by atoms with Crippen molar-refractivity contribution in [3.63, 3.8) is 0 Å². The van der Waals surface area contributed by atoms with Crippen molar-refractivity contribution < 1.29 is 28.4 Å². The highest BCUT2D eigenvalue weighted by Crippen LogP contribution is 2.43. The maximum Gasteiger partial charge on any atom is 0.472 e. The molecule has 9 heteroatoms. The van der Waals surface area contributed by atoms with E-state index in [1.807, 2.05) is 6.08 Å². The molecule has 0 saturated carbocycles. The number of nitrogens with two attached hydrogens (primary N) is 1. The molecule has 3 atom stereocenters. The Morgan fingerprint density at radius 3 is 1.53 bits per heavy atom. The zero-order chi connectivity index (χ0) is 40.3. The van der Waals surface area contributed by atoms with Crippen LogP contribution in [0.1, 0.15) is 206 Å². The van der Waals surface area contributed by atoms with E-state index < -0.39 is 20.0 Å². The van der Waals surface area contributed by atoms with Crippen molar-refractivity contribution in [1.82, 2.24) is 5.32 Å². The Morgan fingerprint density at radius 1 is 0.600 bits per heavy atom. The molecule has 0 saturated heterocycles. The van der Waals surface area contributed by atoms with Gasteiger partial charge in [-0.15, -0.1) is 0 Å². The van der Waals surface area contributed by atoms with Crippen LogP contribution in [0.4, 0.5) is 0 Å². The Kier molecular flexibility index (Phi) is 40.9. The summed E-state index contributed by atoms with van der Waals surface area (Å²) in [5.41, 5.74) is 5.37. The number of phosphoric ester groups is 1. The van der Waals surface area contributed by atoms with Crippen LogP contribution in [0.3, 0.4) is 0 Å². The molecule has 55 heavy (non-hydrogen) atoms. The predicted octanol–water partition coefficient (Wildman–Crippen LogP) is 12.9. The highest BCUT2D eigenvalue weighted by molar-refractivity contribution is 7.47. The molecule has 0 aliphatic carbocycles. The lowest BCUT2D eigenvalue weighted by atomic mass is 10.0. The third-order valence-corrected chi connectivity index (χ3v) is 10.9. The smallest absolute Gasteiger partial charge is 0.387 e. The van der Waals surface area contributed by atoms with E-state index in [0.29, 0.717) is 6.42 Å². The number of allylic oxidation sites excluding steroid dienone is 7. The summed E-state index contributed by atoms with van der Waals surface area (Å²) < 4.78 is 22.1. The fourth-order valence-electron chi connectivity index (χ4n) is 6.41. The number of hydrogen-bond donors (Lipinski definition) is 4. The molecule has 1 amide bonds. The van der Waals surface area contributed by atoms with Crippen molar-refractivity contribution in [2.45, 2.75) is 219 Å². The molecule has 0 heterocycles. The first kappa shape index (κ1) is 53.5. The quantitative estimate of drug-likeness (QED) is 0.0275. The second-order valence-electron chi connectivity index (χ2n) is 15.2. The zero-order valence-corrected chi connectivity index (χ0v) is 36.6. The average molecular weight is 795 g/mol. The fraction of sp³-hybridized carbons (Fsp3) is 0.804. The molecule has 5 N–H and O–H groups in total. The SMILES string of the molecule is CCCCCC/C=C\C/C=C\CCCCCCCCCC(=O)NC(COP(=O)(O)OCCN)C(O)/C=C/CC/C=C/CCCCCCCCCCCCCC. The first-order valence-electron chi connectivity index (χ1n) is 22.8. The minimum Gasteiger partial charge on any atom is -0.387 e. The maximum absolute atomic E-state index is 12.8. The van der Waals surface area contributed by atoms with Crippen LogP contribution in [0.25, 0.3) is 0 Å². The van der Waals surface area contributed by atoms with Crippen molar-refractivity contribution in [2.75, 3.05) is 19.8 Å². The summed E-state index contributed by atoms with van der Waals surface area (Å²) in [4.78, 5) is 22.7. The van der Waals surface area contributed by atoms with Gasteiger partial charge in [-0.2, -0.15) is 0 Å². The molecular formula is C46H87N2O6P. The van der Waals surface area contributed by atoms with E-state index in [1.165, 1.54) is 128 Å². The summed E-state index contributed by atoms with van der Waals surface area (Å²) in [7, 11) is -4.35. The maximum atomic E-state index is 12.8. The number of hydrogen-bond acceptors (Lipinski definition) is 6. The number of rotatable bonds is 42. The number of amides is 1. The molecule has 0 aromatic carbocycles. The molecule has 0 spiro atoms. The van der Waals surface area contributed by atoms with E-state index >= 15 is 0 Å². The normalized spacial score (nSPS) is 14.5. The molecule has 0 fully saturated rings. The van der Waals surface area contributed by atoms with Gasteiger partial charge >= 0.3 is 7.82 Å². The van der Waals surface area contributed by atoms with Gasteiger partial charge in [0.15, 0.2) is 0 Å². The molecule has 0 aliphatic heterocycles. The summed E-state index contributed by atoms with van der Waals surface area (Å²) in [6.45, 7) is 4.10. The molecule has 0 radical (unpaired) electrons. The summed E-state index contributed by atoms with van der Waals surface area (Å²) in [6.07, 6.45) is 51.6. The van der Waals surface area contributed by atoms with Gasteiger partial charge in [0.05, 0.1) is 25.4 Å². The number of aliphatic hydroxyl groups excluding tert-OH is 1. The highest BCUT2D eigenvalue weighted by Gasteiger charge is 2.26. The van der Waals surface area contributed by atoms with Gasteiger partial charge in [0.1, 0.15) is 0 Å².